The standard InChI is InChI=1S/C11H21N5O2/c1-7(2)11-13-14-15-16(11)5-10(18)12-9(4)8(3)6-17/h7-9,17H,5-6H2,1-4H3,(H,12,18). The Kier molecular flexibility index (Phi) is 5.21. The first kappa shape index (κ1) is 14.6. The van der Waals surface area contributed by atoms with E-state index < -0.39 is 0 Å². The molecule has 0 bridgehead atoms. The van der Waals surface area contributed by atoms with Crippen LogP contribution in [0.25, 0.3) is 0 Å². The molecule has 1 aromatic rings. The summed E-state index contributed by atoms with van der Waals surface area (Å²) in [5, 5.41) is 23.1. The molecule has 1 aromatic heterocycles. The highest BCUT2D eigenvalue weighted by atomic mass is 16.3. The average molecular weight is 255 g/mol. The second kappa shape index (κ2) is 6.44. The number of aliphatic hydroxyl groups is 1. The Morgan fingerprint density at radius 2 is 2.06 bits per heavy atom. The summed E-state index contributed by atoms with van der Waals surface area (Å²) < 4.78 is 1.50. The van der Waals surface area contributed by atoms with Crippen molar-refractivity contribution < 1.29 is 9.90 Å². The van der Waals surface area contributed by atoms with Crippen LogP contribution in [0.4, 0.5) is 0 Å². The van der Waals surface area contributed by atoms with E-state index in [0.717, 1.165) is 0 Å². The average Bonchev–Trinajstić information content (AvgIpc) is 2.75. The topological polar surface area (TPSA) is 92.9 Å². The van der Waals surface area contributed by atoms with Crippen LogP contribution in [-0.4, -0.2) is 43.9 Å². The van der Waals surface area contributed by atoms with Gasteiger partial charge >= 0.3 is 0 Å². The highest BCUT2D eigenvalue weighted by molar-refractivity contribution is 5.75. The number of carbonyl (C=O) groups is 1. The number of aliphatic hydroxyl groups excluding tert-OH is 1. The number of nitrogens with zero attached hydrogens (tertiary/aromatic N) is 4. The highest BCUT2D eigenvalue weighted by Crippen LogP contribution is 2.08. The van der Waals surface area contributed by atoms with E-state index in [9.17, 15) is 4.79 Å². The highest BCUT2D eigenvalue weighted by Gasteiger charge is 2.17. The minimum Gasteiger partial charge on any atom is -0.396 e. The minimum absolute atomic E-state index is 0.0207. The summed E-state index contributed by atoms with van der Waals surface area (Å²) in [5.41, 5.74) is 0. The second-order valence-electron chi connectivity index (χ2n) is 4.87. The molecule has 7 heteroatoms. The molecule has 0 aliphatic heterocycles. The first-order valence-corrected chi connectivity index (χ1v) is 6.12. The Labute approximate surface area is 107 Å². The van der Waals surface area contributed by atoms with Crippen LogP contribution in [0.5, 0.6) is 0 Å². The van der Waals surface area contributed by atoms with Crippen molar-refractivity contribution >= 4 is 5.91 Å². The smallest absolute Gasteiger partial charge is 0.242 e. The van der Waals surface area contributed by atoms with Crippen molar-refractivity contribution in [3.8, 4) is 0 Å². The maximum Gasteiger partial charge on any atom is 0.242 e. The van der Waals surface area contributed by atoms with Crippen molar-refractivity contribution in [2.24, 2.45) is 5.92 Å². The van der Waals surface area contributed by atoms with E-state index in [4.69, 9.17) is 5.11 Å². The van der Waals surface area contributed by atoms with Gasteiger partial charge in [0.25, 0.3) is 0 Å². The Morgan fingerprint density at radius 3 is 2.61 bits per heavy atom. The first-order chi connectivity index (χ1) is 8.45. The number of nitrogens with one attached hydrogen (secondary N) is 1. The van der Waals surface area contributed by atoms with Gasteiger partial charge in [0.1, 0.15) is 6.54 Å². The maximum atomic E-state index is 11.8. The lowest BCUT2D eigenvalue weighted by atomic mass is 10.1. The molecular formula is C11H21N5O2. The summed E-state index contributed by atoms with van der Waals surface area (Å²) in [6.45, 7) is 7.82. The summed E-state index contributed by atoms with van der Waals surface area (Å²) in [7, 11) is 0. The maximum absolute atomic E-state index is 11.8. The van der Waals surface area contributed by atoms with Gasteiger partial charge in [0.05, 0.1) is 0 Å². The van der Waals surface area contributed by atoms with Crippen molar-refractivity contribution in [3.05, 3.63) is 5.82 Å². The summed E-state index contributed by atoms with van der Waals surface area (Å²) in [6, 6.07) is -0.0820. The summed E-state index contributed by atoms with van der Waals surface area (Å²) in [5.74, 6) is 0.721. The SMILES string of the molecule is CC(C)c1nnnn1CC(=O)NC(C)C(C)CO. The lowest BCUT2D eigenvalue weighted by Crippen LogP contribution is -2.40. The van der Waals surface area contributed by atoms with Crippen LogP contribution in [0.3, 0.4) is 0 Å². The number of amides is 1. The van der Waals surface area contributed by atoms with Crippen molar-refractivity contribution in [1.82, 2.24) is 25.5 Å². The fourth-order valence-electron chi connectivity index (χ4n) is 1.47. The molecule has 0 spiro atoms. The van der Waals surface area contributed by atoms with Gasteiger partial charge in [-0.1, -0.05) is 20.8 Å². The van der Waals surface area contributed by atoms with E-state index in [0.29, 0.717) is 5.82 Å². The Balaban J connectivity index is 2.57. The summed E-state index contributed by atoms with van der Waals surface area (Å²) in [4.78, 5) is 11.8. The summed E-state index contributed by atoms with van der Waals surface area (Å²) in [6.07, 6.45) is 0. The normalized spacial score (nSPS) is 14.6. The van der Waals surface area contributed by atoms with Crippen LogP contribution in [0, 0.1) is 5.92 Å². The third-order valence-electron chi connectivity index (χ3n) is 2.90. The molecule has 0 aromatic carbocycles. The van der Waals surface area contributed by atoms with Gasteiger partial charge in [-0.2, -0.15) is 0 Å². The largest absolute Gasteiger partial charge is 0.396 e. The zero-order valence-electron chi connectivity index (χ0n) is 11.3. The van der Waals surface area contributed by atoms with E-state index >= 15 is 0 Å². The van der Waals surface area contributed by atoms with Crippen molar-refractivity contribution in [2.75, 3.05) is 6.61 Å². The molecule has 102 valence electrons. The van der Waals surface area contributed by atoms with Crippen molar-refractivity contribution in [2.45, 2.75) is 46.2 Å². The molecule has 0 aliphatic carbocycles. The van der Waals surface area contributed by atoms with E-state index in [1.54, 1.807) is 0 Å². The van der Waals surface area contributed by atoms with Gasteiger partial charge in [0.2, 0.25) is 5.91 Å². The van der Waals surface area contributed by atoms with Crippen LogP contribution in [-0.2, 0) is 11.3 Å². The molecule has 2 N–H and O–H groups in total. The van der Waals surface area contributed by atoms with Crippen molar-refractivity contribution in [1.29, 1.82) is 0 Å². The molecule has 0 saturated carbocycles. The van der Waals surface area contributed by atoms with E-state index in [2.05, 4.69) is 20.8 Å². The minimum atomic E-state index is -0.156. The van der Waals surface area contributed by atoms with Gasteiger partial charge in [0, 0.05) is 18.6 Å². The third-order valence-corrected chi connectivity index (χ3v) is 2.90. The molecule has 2 unspecified atom stereocenters. The number of hydrogen-bond donors (Lipinski definition) is 2. The number of hydrogen-bond acceptors (Lipinski definition) is 5. The van der Waals surface area contributed by atoms with Crippen LogP contribution in [0.1, 0.15) is 39.4 Å². The van der Waals surface area contributed by atoms with Crippen LogP contribution in [0.15, 0.2) is 0 Å². The molecule has 1 rings (SSSR count). The molecule has 0 fully saturated rings. The van der Waals surface area contributed by atoms with Gasteiger partial charge in [-0.15, -0.1) is 5.10 Å². The molecule has 18 heavy (non-hydrogen) atoms. The van der Waals surface area contributed by atoms with Gasteiger partial charge in [-0.05, 0) is 23.3 Å². The Hall–Kier alpha value is -1.50. The molecule has 0 aliphatic rings. The Bertz CT molecular complexity index is 391. The fourth-order valence-corrected chi connectivity index (χ4v) is 1.47. The zero-order valence-corrected chi connectivity index (χ0v) is 11.3. The van der Waals surface area contributed by atoms with Gasteiger partial charge < -0.3 is 10.4 Å². The molecular weight excluding hydrogens is 234 g/mol. The molecule has 0 saturated heterocycles. The third kappa shape index (κ3) is 3.76. The van der Waals surface area contributed by atoms with Crippen molar-refractivity contribution in [3.63, 3.8) is 0 Å². The number of rotatable bonds is 6. The van der Waals surface area contributed by atoms with Gasteiger partial charge in [-0.3, -0.25) is 4.79 Å². The monoisotopic (exact) mass is 255 g/mol. The lowest BCUT2D eigenvalue weighted by Gasteiger charge is -2.19. The predicted octanol–water partition coefficient (Wildman–Crippen LogP) is -0.0704. The zero-order chi connectivity index (χ0) is 13.7. The summed E-state index contributed by atoms with van der Waals surface area (Å²) >= 11 is 0. The predicted molar refractivity (Wildman–Crippen MR) is 65.8 cm³/mol. The lowest BCUT2D eigenvalue weighted by molar-refractivity contribution is -0.122. The van der Waals surface area contributed by atoms with Gasteiger partial charge in [0.15, 0.2) is 5.82 Å². The van der Waals surface area contributed by atoms with E-state index in [1.165, 1.54) is 4.68 Å². The number of carbonyl (C=O) groups excluding carboxylic acids is 1. The van der Waals surface area contributed by atoms with E-state index in [1.807, 2.05) is 27.7 Å². The molecule has 2 atom stereocenters. The van der Waals surface area contributed by atoms with Gasteiger partial charge in [-0.25, -0.2) is 4.68 Å². The number of tetrazole rings is 1. The second-order valence-corrected chi connectivity index (χ2v) is 4.87. The number of aromatic nitrogens is 4. The first-order valence-electron chi connectivity index (χ1n) is 6.12. The molecule has 1 amide bonds. The van der Waals surface area contributed by atoms with Crippen LogP contribution in [0.2, 0.25) is 0 Å². The molecule has 0 radical (unpaired) electrons. The van der Waals surface area contributed by atoms with Crippen LogP contribution >= 0.6 is 0 Å². The quantitative estimate of drug-likeness (QED) is 0.742. The van der Waals surface area contributed by atoms with E-state index in [-0.39, 0.29) is 36.9 Å². The molecule has 7 nitrogen and oxygen atoms in total. The molecule has 1 heterocycles. The Morgan fingerprint density at radius 1 is 1.39 bits per heavy atom. The van der Waals surface area contributed by atoms with Crippen LogP contribution < -0.4 is 5.32 Å². The fraction of sp³-hybridized carbons (Fsp3) is 0.818.